The second kappa shape index (κ2) is 4.08. The highest BCUT2D eigenvalue weighted by molar-refractivity contribution is 7.99. The maximum absolute atomic E-state index is 5.88. The molecule has 0 radical (unpaired) electrons. The zero-order valence-corrected chi connectivity index (χ0v) is 9.34. The molecule has 0 unspecified atom stereocenters. The molecule has 0 aliphatic heterocycles. The zero-order valence-electron chi connectivity index (χ0n) is 7.77. The van der Waals surface area contributed by atoms with Crippen molar-refractivity contribution < 1.29 is 4.42 Å². The molecule has 0 spiro atoms. The molecule has 0 bridgehead atoms. The largest absolute Gasteiger partial charge is 0.439 e. The Bertz CT molecular complexity index is 487. The number of nitrogens with two attached hydrogens (primary N) is 1. The number of hydrogen-bond donors (Lipinski definition) is 1. The Morgan fingerprint density at radius 2 is 2.27 bits per heavy atom. The fourth-order valence-corrected chi connectivity index (χ4v) is 1.85. The predicted molar refractivity (Wildman–Crippen MR) is 56.8 cm³/mol. The van der Waals surface area contributed by atoms with Crippen LogP contribution in [0.1, 0.15) is 5.69 Å². The maximum atomic E-state index is 5.88. The van der Waals surface area contributed by atoms with E-state index in [9.17, 15) is 0 Å². The highest BCUT2D eigenvalue weighted by Gasteiger charge is 2.09. The molecule has 0 amide bonds. The lowest BCUT2D eigenvalue weighted by molar-refractivity contribution is 0.454. The summed E-state index contributed by atoms with van der Waals surface area (Å²) in [6.07, 6.45) is 3.00. The average Bonchev–Trinajstić information content (AvgIpc) is 2.58. The molecule has 2 aromatic heterocycles. The van der Waals surface area contributed by atoms with Gasteiger partial charge in [0.2, 0.25) is 5.95 Å². The number of hydrogen-bond acceptors (Lipinski definition) is 6. The van der Waals surface area contributed by atoms with E-state index in [0.717, 1.165) is 5.69 Å². The van der Waals surface area contributed by atoms with Crippen molar-refractivity contribution in [3.05, 3.63) is 23.2 Å². The zero-order chi connectivity index (χ0) is 10.8. The van der Waals surface area contributed by atoms with Crippen LogP contribution in [-0.4, -0.2) is 15.0 Å². The molecule has 7 heteroatoms. The fraction of sp³-hybridized carbons (Fsp3) is 0.125. The summed E-state index contributed by atoms with van der Waals surface area (Å²) in [5.41, 5.74) is 6.24. The van der Waals surface area contributed by atoms with Crippen LogP contribution in [0.25, 0.3) is 0 Å². The summed E-state index contributed by atoms with van der Waals surface area (Å²) in [7, 11) is 0. The SMILES string of the molecule is Cc1coc(Sc2nc(N)ncc2Cl)n1. The van der Waals surface area contributed by atoms with Crippen LogP contribution in [0.4, 0.5) is 5.95 Å². The van der Waals surface area contributed by atoms with Crippen LogP contribution in [0.2, 0.25) is 5.02 Å². The third-order valence-electron chi connectivity index (χ3n) is 1.51. The van der Waals surface area contributed by atoms with E-state index in [4.69, 9.17) is 21.8 Å². The minimum atomic E-state index is 0.171. The Labute approximate surface area is 95.1 Å². The molecule has 2 rings (SSSR count). The van der Waals surface area contributed by atoms with E-state index in [2.05, 4.69) is 15.0 Å². The van der Waals surface area contributed by atoms with Crippen LogP contribution in [0.15, 0.2) is 27.1 Å². The van der Waals surface area contributed by atoms with Gasteiger partial charge in [-0.1, -0.05) is 11.6 Å². The highest BCUT2D eigenvalue weighted by Crippen LogP contribution is 2.30. The first-order valence-electron chi connectivity index (χ1n) is 4.03. The second-order valence-electron chi connectivity index (χ2n) is 2.74. The van der Waals surface area contributed by atoms with Gasteiger partial charge >= 0.3 is 0 Å². The van der Waals surface area contributed by atoms with Crippen LogP contribution in [0, 0.1) is 6.92 Å². The molecule has 0 atom stereocenters. The number of halogens is 1. The minimum Gasteiger partial charge on any atom is -0.439 e. The normalized spacial score (nSPS) is 10.5. The predicted octanol–water partition coefficient (Wildman–Crippen LogP) is 2.16. The first-order chi connectivity index (χ1) is 7.15. The third-order valence-corrected chi connectivity index (χ3v) is 2.77. The van der Waals surface area contributed by atoms with Gasteiger partial charge in [-0.15, -0.1) is 0 Å². The molecule has 2 heterocycles. The van der Waals surface area contributed by atoms with Crippen molar-refractivity contribution in [1.82, 2.24) is 15.0 Å². The van der Waals surface area contributed by atoms with E-state index in [1.807, 2.05) is 6.92 Å². The monoisotopic (exact) mass is 242 g/mol. The number of aryl methyl sites for hydroxylation is 1. The molecular weight excluding hydrogens is 236 g/mol. The summed E-state index contributed by atoms with van der Waals surface area (Å²) < 4.78 is 5.16. The number of oxazole rings is 1. The molecule has 0 fully saturated rings. The Morgan fingerprint density at radius 1 is 1.47 bits per heavy atom. The van der Waals surface area contributed by atoms with Crippen molar-refractivity contribution >= 4 is 29.3 Å². The van der Waals surface area contributed by atoms with Crippen LogP contribution in [-0.2, 0) is 0 Å². The number of aromatic nitrogens is 3. The summed E-state index contributed by atoms with van der Waals surface area (Å²) in [6, 6.07) is 0. The highest BCUT2D eigenvalue weighted by atomic mass is 35.5. The van der Waals surface area contributed by atoms with Gasteiger partial charge in [0.25, 0.3) is 5.22 Å². The van der Waals surface area contributed by atoms with E-state index in [1.165, 1.54) is 18.0 Å². The lowest BCUT2D eigenvalue weighted by Gasteiger charge is -1.99. The van der Waals surface area contributed by atoms with E-state index >= 15 is 0 Å². The van der Waals surface area contributed by atoms with Crippen LogP contribution < -0.4 is 5.73 Å². The first-order valence-corrected chi connectivity index (χ1v) is 5.22. The maximum Gasteiger partial charge on any atom is 0.262 e. The molecule has 5 nitrogen and oxygen atoms in total. The summed E-state index contributed by atoms with van der Waals surface area (Å²) >= 11 is 7.09. The lowest BCUT2D eigenvalue weighted by atomic mass is 10.6. The minimum absolute atomic E-state index is 0.171. The van der Waals surface area contributed by atoms with Gasteiger partial charge in [-0.2, -0.15) is 0 Å². The molecule has 0 saturated carbocycles. The van der Waals surface area contributed by atoms with Crippen molar-refractivity contribution in [3.8, 4) is 0 Å². The van der Waals surface area contributed by atoms with Crippen LogP contribution in [0.5, 0.6) is 0 Å². The van der Waals surface area contributed by atoms with Gasteiger partial charge in [0.1, 0.15) is 11.3 Å². The average molecular weight is 243 g/mol. The van der Waals surface area contributed by atoms with Gasteiger partial charge in [0.05, 0.1) is 16.9 Å². The van der Waals surface area contributed by atoms with Gasteiger partial charge in [0, 0.05) is 0 Å². The quantitative estimate of drug-likeness (QED) is 0.813. The molecule has 2 N–H and O–H groups in total. The van der Waals surface area contributed by atoms with Gasteiger partial charge in [-0.3, -0.25) is 0 Å². The van der Waals surface area contributed by atoms with Gasteiger partial charge in [-0.25, -0.2) is 15.0 Å². The molecular formula is C8H7ClN4OS. The second-order valence-corrected chi connectivity index (χ2v) is 4.09. The molecule has 2 aromatic rings. The molecule has 15 heavy (non-hydrogen) atoms. The van der Waals surface area contributed by atoms with E-state index < -0.39 is 0 Å². The van der Waals surface area contributed by atoms with Crippen molar-refractivity contribution in [2.75, 3.05) is 5.73 Å². The molecule has 78 valence electrons. The van der Waals surface area contributed by atoms with Crippen molar-refractivity contribution in [2.24, 2.45) is 0 Å². The third kappa shape index (κ3) is 2.40. The summed E-state index contributed by atoms with van der Waals surface area (Å²) in [5, 5.41) is 1.43. The lowest BCUT2D eigenvalue weighted by Crippen LogP contribution is -1.95. The Hall–Kier alpha value is -1.27. The number of nitrogen functional groups attached to an aromatic ring is 1. The van der Waals surface area contributed by atoms with Crippen LogP contribution in [0.3, 0.4) is 0 Å². The Balaban J connectivity index is 2.27. The molecule has 0 aliphatic rings. The van der Waals surface area contributed by atoms with E-state index in [0.29, 0.717) is 15.3 Å². The fourth-order valence-electron chi connectivity index (χ4n) is 0.898. The van der Waals surface area contributed by atoms with Crippen molar-refractivity contribution in [2.45, 2.75) is 17.2 Å². The van der Waals surface area contributed by atoms with Gasteiger partial charge < -0.3 is 10.2 Å². The smallest absolute Gasteiger partial charge is 0.262 e. The molecule has 0 saturated heterocycles. The first kappa shape index (κ1) is 10.3. The van der Waals surface area contributed by atoms with Gasteiger partial charge in [0.15, 0.2) is 0 Å². The number of anilines is 1. The number of rotatable bonds is 2. The Kier molecular flexibility index (Phi) is 2.79. The topological polar surface area (TPSA) is 77.8 Å². The number of nitrogens with zero attached hydrogens (tertiary/aromatic N) is 3. The van der Waals surface area contributed by atoms with E-state index in [1.54, 1.807) is 6.26 Å². The molecule has 0 aliphatic carbocycles. The van der Waals surface area contributed by atoms with E-state index in [-0.39, 0.29) is 5.95 Å². The standard InChI is InChI=1S/C8H7ClN4OS/c1-4-3-14-8(12-4)15-6-5(9)2-11-7(10)13-6/h2-3H,1H3,(H2,10,11,13). The summed E-state index contributed by atoms with van der Waals surface area (Å²) in [4.78, 5) is 11.8. The van der Waals surface area contributed by atoms with Crippen molar-refractivity contribution in [1.29, 1.82) is 0 Å². The van der Waals surface area contributed by atoms with Gasteiger partial charge in [-0.05, 0) is 18.7 Å². The van der Waals surface area contributed by atoms with Crippen LogP contribution >= 0.6 is 23.4 Å². The Morgan fingerprint density at radius 3 is 2.93 bits per heavy atom. The molecule has 0 aromatic carbocycles. The summed E-state index contributed by atoms with van der Waals surface area (Å²) in [6.45, 7) is 1.84. The van der Waals surface area contributed by atoms with Crippen molar-refractivity contribution in [3.63, 3.8) is 0 Å². The summed E-state index contributed by atoms with van der Waals surface area (Å²) in [5.74, 6) is 0.171.